The van der Waals surface area contributed by atoms with E-state index in [-0.39, 0.29) is 11.7 Å². The van der Waals surface area contributed by atoms with Crippen molar-refractivity contribution >= 4 is 5.91 Å². The Morgan fingerprint density at radius 3 is 2.82 bits per heavy atom. The van der Waals surface area contributed by atoms with Crippen LogP contribution in [-0.2, 0) is 13.1 Å². The Balaban J connectivity index is 2.14. The fraction of sp³-hybridized carbons (Fsp3) is 0.250. The van der Waals surface area contributed by atoms with Gasteiger partial charge in [0, 0.05) is 31.9 Å². The SMILES string of the molecule is COc1cc(CN(C)C(=O)c2ccnc(CN)c2)ccc1O. The summed E-state index contributed by atoms with van der Waals surface area (Å²) in [6, 6.07) is 8.35. The number of rotatable bonds is 5. The molecular formula is C16H19N3O3. The van der Waals surface area contributed by atoms with Gasteiger partial charge in [0.05, 0.1) is 12.8 Å². The number of nitrogens with two attached hydrogens (primary N) is 1. The zero-order valence-electron chi connectivity index (χ0n) is 12.6. The summed E-state index contributed by atoms with van der Waals surface area (Å²) in [7, 11) is 3.20. The highest BCUT2D eigenvalue weighted by Gasteiger charge is 2.13. The molecule has 116 valence electrons. The van der Waals surface area contributed by atoms with E-state index in [1.165, 1.54) is 7.11 Å². The lowest BCUT2D eigenvalue weighted by Crippen LogP contribution is -2.26. The third kappa shape index (κ3) is 3.53. The second kappa shape index (κ2) is 6.91. The minimum Gasteiger partial charge on any atom is -0.504 e. The molecule has 0 saturated carbocycles. The highest BCUT2D eigenvalue weighted by Crippen LogP contribution is 2.26. The molecule has 0 aliphatic heterocycles. The normalized spacial score (nSPS) is 10.3. The van der Waals surface area contributed by atoms with Crippen LogP contribution in [0.2, 0.25) is 0 Å². The second-order valence-electron chi connectivity index (χ2n) is 4.91. The molecule has 22 heavy (non-hydrogen) atoms. The van der Waals surface area contributed by atoms with Crippen molar-refractivity contribution in [1.29, 1.82) is 0 Å². The van der Waals surface area contributed by atoms with E-state index in [0.29, 0.717) is 30.1 Å². The molecule has 0 spiro atoms. The van der Waals surface area contributed by atoms with Crippen LogP contribution >= 0.6 is 0 Å². The largest absolute Gasteiger partial charge is 0.504 e. The standard InChI is InChI=1S/C16H19N3O3/c1-19(10-11-3-4-14(20)15(7-11)22-2)16(21)12-5-6-18-13(8-12)9-17/h3-8,20H,9-10,17H2,1-2H3. The molecule has 0 aliphatic rings. The quantitative estimate of drug-likeness (QED) is 0.874. The van der Waals surface area contributed by atoms with Gasteiger partial charge in [-0.05, 0) is 29.8 Å². The number of phenolic OH excluding ortho intramolecular Hbond substituents is 1. The molecule has 0 fully saturated rings. The molecule has 1 heterocycles. The highest BCUT2D eigenvalue weighted by molar-refractivity contribution is 5.94. The number of benzene rings is 1. The minimum atomic E-state index is -0.121. The molecule has 1 aromatic heterocycles. The number of carbonyl (C=O) groups is 1. The average Bonchev–Trinajstić information content (AvgIpc) is 2.55. The first-order chi connectivity index (χ1) is 10.5. The monoisotopic (exact) mass is 301 g/mol. The second-order valence-corrected chi connectivity index (χ2v) is 4.91. The Kier molecular flexibility index (Phi) is 4.95. The van der Waals surface area contributed by atoms with E-state index < -0.39 is 0 Å². The number of methoxy groups -OCH3 is 1. The van der Waals surface area contributed by atoms with Crippen molar-refractivity contribution in [3.05, 3.63) is 53.3 Å². The van der Waals surface area contributed by atoms with Gasteiger partial charge in [0.2, 0.25) is 0 Å². The smallest absolute Gasteiger partial charge is 0.254 e. The van der Waals surface area contributed by atoms with Crippen LogP contribution in [0, 0.1) is 0 Å². The van der Waals surface area contributed by atoms with E-state index >= 15 is 0 Å². The van der Waals surface area contributed by atoms with Crippen LogP contribution in [0.1, 0.15) is 21.6 Å². The number of phenols is 1. The van der Waals surface area contributed by atoms with Gasteiger partial charge in [-0.25, -0.2) is 0 Å². The van der Waals surface area contributed by atoms with Gasteiger partial charge in [-0.2, -0.15) is 0 Å². The number of hydrogen-bond donors (Lipinski definition) is 2. The lowest BCUT2D eigenvalue weighted by molar-refractivity contribution is 0.0784. The summed E-state index contributed by atoms with van der Waals surface area (Å²) in [6.07, 6.45) is 1.58. The summed E-state index contributed by atoms with van der Waals surface area (Å²) in [6.45, 7) is 0.690. The van der Waals surface area contributed by atoms with Crippen molar-refractivity contribution in [3.8, 4) is 11.5 Å². The molecule has 0 radical (unpaired) electrons. The number of pyridine rings is 1. The summed E-state index contributed by atoms with van der Waals surface area (Å²) in [4.78, 5) is 18.1. The van der Waals surface area contributed by atoms with Crippen molar-refractivity contribution in [2.24, 2.45) is 5.73 Å². The van der Waals surface area contributed by atoms with Crippen LogP contribution in [0.15, 0.2) is 36.5 Å². The lowest BCUT2D eigenvalue weighted by Gasteiger charge is -2.18. The molecule has 6 heteroatoms. The maximum Gasteiger partial charge on any atom is 0.254 e. The van der Waals surface area contributed by atoms with Crippen molar-refractivity contribution in [2.45, 2.75) is 13.1 Å². The van der Waals surface area contributed by atoms with Gasteiger partial charge < -0.3 is 20.5 Å². The van der Waals surface area contributed by atoms with E-state index in [4.69, 9.17) is 10.5 Å². The molecule has 3 N–H and O–H groups in total. The third-order valence-electron chi connectivity index (χ3n) is 3.28. The molecular weight excluding hydrogens is 282 g/mol. The molecule has 2 rings (SSSR count). The summed E-state index contributed by atoms with van der Waals surface area (Å²) in [5, 5.41) is 9.59. The predicted octanol–water partition coefficient (Wildman–Crippen LogP) is 1.53. The van der Waals surface area contributed by atoms with E-state index in [9.17, 15) is 9.90 Å². The van der Waals surface area contributed by atoms with Crippen molar-refractivity contribution < 1.29 is 14.6 Å². The number of amides is 1. The van der Waals surface area contributed by atoms with Crippen molar-refractivity contribution in [1.82, 2.24) is 9.88 Å². The van der Waals surface area contributed by atoms with Crippen LogP contribution in [0.3, 0.4) is 0 Å². The Labute approximate surface area is 129 Å². The summed E-state index contributed by atoms with van der Waals surface area (Å²) >= 11 is 0. The van der Waals surface area contributed by atoms with Crippen LogP contribution < -0.4 is 10.5 Å². The zero-order chi connectivity index (χ0) is 16.1. The number of nitrogens with zero attached hydrogens (tertiary/aromatic N) is 2. The maximum absolute atomic E-state index is 12.4. The first-order valence-electron chi connectivity index (χ1n) is 6.81. The molecule has 1 amide bonds. The Morgan fingerprint density at radius 2 is 2.14 bits per heavy atom. The van der Waals surface area contributed by atoms with Crippen LogP contribution in [0.25, 0.3) is 0 Å². The highest BCUT2D eigenvalue weighted by atomic mass is 16.5. The Morgan fingerprint density at radius 1 is 1.36 bits per heavy atom. The topological polar surface area (TPSA) is 88.7 Å². The molecule has 0 saturated heterocycles. The zero-order valence-corrected chi connectivity index (χ0v) is 12.6. The third-order valence-corrected chi connectivity index (χ3v) is 3.28. The molecule has 0 bridgehead atoms. The number of carbonyl (C=O) groups excluding carboxylic acids is 1. The summed E-state index contributed by atoms with van der Waals surface area (Å²) in [5.74, 6) is 0.332. The number of aromatic nitrogens is 1. The van der Waals surface area contributed by atoms with Gasteiger partial charge in [0.15, 0.2) is 11.5 Å². The van der Waals surface area contributed by atoms with Crippen LogP contribution in [0.5, 0.6) is 11.5 Å². The minimum absolute atomic E-state index is 0.0713. The fourth-order valence-corrected chi connectivity index (χ4v) is 2.11. The van der Waals surface area contributed by atoms with E-state index in [1.54, 1.807) is 48.5 Å². The van der Waals surface area contributed by atoms with Gasteiger partial charge in [-0.15, -0.1) is 0 Å². The maximum atomic E-state index is 12.4. The van der Waals surface area contributed by atoms with E-state index in [2.05, 4.69) is 4.98 Å². The molecule has 1 aromatic carbocycles. The lowest BCUT2D eigenvalue weighted by atomic mass is 10.1. The fourth-order valence-electron chi connectivity index (χ4n) is 2.11. The molecule has 0 unspecified atom stereocenters. The predicted molar refractivity (Wildman–Crippen MR) is 82.6 cm³/mol. The Bertz CT molecular complexity index is 673. The van der Waals surface area contributed by atoms with Gasteiger partial charge in [0.25, 0.3) is 5.91 Å². The van der Waals surface area contributed by atoms with Gasteiger partial charge in [0.1, 0.15) is 0 Å². The first kappa shape index (κ1) is 15.8. The molecule has 0 atom stereocenters. The molecule has 0 aliphatic carbocycles. The number of ether oxygens (including phenoxy) is 1. The first-order valence-corrected chi connectivity index (χ1v) is 6.81. The average molecular weight is 301 g/mol. The number of hydrogen-bond acceptors (Lipinski definition) is 5. The van der Waals surface area contributed by atoms with Crippen molar-refractivity contribution in [3.63, 3.8) is 0 Å². The molecule has 6 nitrogen and oxygen atoms in total. The van der Waals surface area contributed by atoms with E-state index in [0.717, 1.165) is 5.56 Å². The van der Waals surface area contributed by atoms with Gasteiger partial charge >= 0.3 is 0 Å². The van der Waals surface area contributed by atoms with Crippen LogP contribution in [-0.4, -0.2) is 35.1 Å². The Hall–Kier alpha value is -2.60. The number of aromatic hydroxyl groups is 1. The summed E-state index contributed by atoms with van der Waals surface area (Å²) in [5.41, 5.74) is 7.62. The summed E-state index contributed by atoms with van der Waals surface area (Å²) < 4.78 is 5.07. The van der Waals surface area contributed by atoms with Crippen molar-refractivity contribution in [2.75, 3.05) is 14.2 Å². The van der Waals surface area contributed by atoms with Gasteiger partial charge in [-0.3, -0.25) is 9.78 Å². The van der Waals surface area contributed by atoms with Gasteiger partial charge in [-0.1, -0.05) is 6.07 Å². The molecule has 2 aromatic rings. The van der Waals surface area contributed by atoms with Crippen LogP contribution in [0.4, 0.5) is 0 Å². The van der Waals surface area contributed by atoms with E-state index in [1.807, 2.05) is 0 Å².